The Labute approximate surface area is 260 Å². The van der Waals surface area contributed by atoms with Gasteiger partial charge < -0.3 is 23.7 Å². The number of unbranched alkanes of at least 4 members (excludes halogenated alkanes) is 1. The number of hydrogen-bond acceptors (Lipinski definition) is 10. The number of nitrogens with zero attached hydrogens (tertiary/aromatic N) is 3. The van der Waals surface area contributed by atoms with Crippen LogP contribution in [-0.2, 0) is 18.9 Å². The molecule has 3 amide bonds. The van der Waals surface area contributed by atoms with Gasteiger partial charge in [0.05, 0.1) is 19.3 Å². The fourth-order valence-electron chi connectivity index (χ4n) is 3.26. The predicted molar refractivity (Wildman–Crippen MR) is 166 cm³/mol. The molecule has 0 atom stereocenters. The van der Waals surface area contributed by atoms with Gasteiger partial charge in [0, 0.05) is 18.8 Å². The van der Waals surface area contributed by atoms with Crippen LogP contribution in [0.1, 0.15) is 85.5 Å². The predicted octanol–water partition coefficient (Wildman–Crippen LogP) is 6.33. The van der Waals surface area contributed by atoms with Gasteiger partial charge in [-0.05, 0) is 99.4 Å². The first kappa shape index (κ1) is 37.5. The first-order valence-corrected chi connectivity index (χ1v) is 14.6. The summed E-state index contributed by atoms with van der Waals surface area (Å²) < 4.78 is 27.0. The molecule has 0 aliphatic rings. The van der Waals surface area contributed by atoms with Crippen molar-refractivity contribution in [2.24, 2.45) is 4.99 Å². The van der Waals surface area contributed by atoms with E-state index in [-0.39, 0.29) is 31.4 Å². The molecule has 12 nitrogen and oxygen atoms in total. The molecule has 0 bridgehead atoms. The van der Waals surface area contributed by atoms with E-state index in [0.717, 1.165) is 9.80 Å². The Morgan fingerprint density at radius 3 is 1.67 bits per heavy atom. The number of esters is 1. The van der Waals surface area contributed by atoms with E-state index in [4.69, 9.17) is 23.7 Å². The number of thiol groups is 1. The van der Waals surface area contributed by atoms with Gasteiger partial charge in [-0.2, -0.15) is 12.6 Å². The molecule has 0 aromatic heterocycles. The van der Waals surface area contributed by atoms with Gasteiger partial charge >= 0.3 is 24.2 Å². The van der Waals surface area contributed by atoms with Gasteiger partial charge in [0.15, 0.2) is 0 Å². The normalized spacial score (nSPS) is 12.2. The number of carbonyl (C=O) groups excluding carboxylic acids is 4. The monoisotopic (exact) mass is 625 g/mol. The largest absolute Gasteiger partial charge is 0.497 e. The standard InChI is InChI=1S/C30H47N3O9S/c1-28(2,3)40-25(35)31-24(33(18-20-43)27(37)42-30(7,8)9)32(26(36)41-29(4,5)6)17-11-12-19-39-23(34)21-13-15-22(38-10)16-14-21/h13-16,43H,11-12,17-20H2,1-10H3/b31-24+. The van der Waals surface area contributed by atoms with Crippen molar-refractivity contribution >= 4 is 42.8 Å². The molecule has 1 aromatic rings. The average Bonchev–Trinajstić information content (AvgIpc) is 2.85. The summed E-state index contributed by atoms with van der Waals surface area (Å²) in [6.45, 7) is 15.1. The second kappa shape index (κ2) is 16.4. The number of methoxy groups -OCH3 is 1. The Hall–Kier alpha value is -3.48. The Morgan fingerprint density at radius 1 is 0.744 bits per heavy atom. The van der Waals surface area contributed by atoms with Crippen LogP contribution in [0.15, 0.2) is 29.3 Å². The molecule has 0 heterocycles. The zero-order valence-corrected chi connectivity index (χ0v) is 27.9. The summed E-state index contributed by atoms with van der Waals surface area (Å²) in [5.41, 5.74) is -2.31. The summed E-state index contributed by atoms with van der Waals surface area (Å²) in [6.07, 6.45) is -2.06. The zero-order chi connectivity index (χ0) is 33.0. The minimum Gasteiger partial charge on any atom is -0.497 e. The lowest BCUT2D eigenvalue weighted by Gasteiger charge is -2.34. The maximum Gasteiger partial charge on any atom is 0.437 e. The van der Waals surface area contributed by atoms with Gasteiger partial charge in [-0.25, -0.2) is 29.0 Å². The van der Waals surface area contributed by atoms with Crippen molar-refractivity contribution in [3.63, 3.8) is 0 Å². The molecule has 13 heteroatoms. The highest BCUT2D eigenvalue weighted by molar-refractivity contribution is 7.80. The fraction of sp³-hybridized carbons (Fsp3) is 0.633. The summed E-state index contributed by atoms with van der Waals surface area (Å²) in [5.74, 6) is -0.0671. The van der Waals surface area contributed by atoms with Crippen LogP contribution in [0.4, 0.5) is 14.4 Å². The van der Waals surface area contributed by atoms with E-state index in [1.165, 1.54) is 7.11 Å². The lowest BCUT2D eigenvalue weighted by molar-refractivity contribution is 0.0271. The first-order chi connectivity index (χ1) is 19.8. The Bertz CT molecular complexity index is 1120. The second-order valence-corrected chi connectivity index (χ2v) is 12.9. The van der Waals surface area contributed by atoms with E-state index in [1.54, 1.807) is 86.6 Å². The summed E-state index contributed by atoms with van der Waals surface area (Å²) in [4.78, 5) is 58.2. The number of benzene rings is 1. The molecule has 0 saturated carbocycles. The molecule has 1 rings (SSSR count). The third-order valence-electron chi connectivity index (χ3n) is 4.95. The van der Waals surface area contributed by atoms with Crippen LogP contribution in [0.3, 0.4) is 0 Å². The molecule has 0 aliphatic carbocycles. The summed E-state index contributed by atoms with van der Waals surface area (Å²) in [5, 5.41) is 0. The van der Waals surface area contributed by atoms with E-state index in [1.807, 2.05) is 0 Å². The highest BCUT2D eigenvalue weighted by atomic mass is 32.1. The van der Waals surface area contributed by atoms with E-state index in [9.17, 15) is 19.2 Å². The number of ether oxygens (including phenoxy) is 5. The third kappa shape index (κ3) is 15.0. The highest BCUT2D eigenvalue weighted by Gasteiger charge is 2.35. The molecule has 242 valence electrons. The molecule has 0 saturated heterocycles. The van der Waals surface area contributed by atoms with Crippen molar-refractivity contribution in [1.29, 1.82) is 0 Å². The molecule has 43 heavy (non-hydrogen) atoms. The molecule has 0 unspecified atom stereocenters. The second-order valence-electron chi connectivity index (χ2n) is 12.5. The van der Waals surface area contributed by atoms with Crippen LogP contribution in [-0.4, -0.2) is 89.4 Å². The molecule has 1 aromatic carbocycles. The Morgan fingerprint density at radius 2 is 1.23 bits per heavy atom. The van der Waals surface area contributed by atoms with Crippen LogP contribution >= 0.6 is 12.6 Å². The molecule has 0 spiro atoms. The highest BCUT2D eigenvalue weighted by Crippen LogP contribution is 2.18. The van der Waals surface area contributed by atoms with Gasteiger partial charge in [-0.3, -0.25) is 0 Å². The minimum absolute atomic E-state index is 0.0392. The molecular formula is C30H47N3O9S. The van der Waals surface area contributed by atoms with Crippen LogP contribution in [0.25, 0.3) is 0 Å². The third-order valence-corrected chi connectivity index (χ3v) is 5.15. The van der Waals surface area contributed by atoms with E-state index < -0.39 is 41.1 Å². The molecule has 0 aliphatic heterocycles. The summed E-state index contributed by atoms with van der Waals surface area (Å²) >= 11 is 4.26. The number of aliphatic imine (C=N–C) groups is 1. The molecular weight excluding hydrogens is 578 g/mol. The van der Waals surface area contributed by atoms with Gasteiger partial charge in [0.1, 0.15) is 22.6 Å². The van der Waals surface area contributed by atoms with Gasteiger partial charge in [0.25, 0.3) is 0 Å². The van der Waals surface area contributed by atoms with Crippen LogP contribution in [0, 0.1) is 0 Å². The first-order valence-electron chi connectivity index (χ1n) is 14.0. The van der Waals surface area contributed by atoms with E-state index in [2.05, 4.69) is 17.6 Å². The summed E-state index contributed by atoms with van der Waals surface area (Å²) in [6, 6.07) is 6.50. The number of amides is 3. The van der Waals surface area contributed by atoms with Gasteiger partial charge in [-0.15, -0.1) is 4.99 Å². The van der Waals surface area contributed by atoms with E-state index >= 15 is 0 Å². The molecule has 0 radical (unpaired) electrons. The lowest BCUT2D eigenvalue weighted by atomic mass is 10.2. The topological polar surface area (TPSA) is 133 Å². The summed E-state index contributed by atoms with van der Waals surface area (Å²) in [7, 11) is 1.53. The van der Waals surface area contributed by atoms with Crippen molar-refractivity contribution < 1.29 is 42.9 Å². The molecule has 0 N–H and O–H groups in total. The average molecular weight is 626 g/mol. The van der Waals surface area contributed by atoms with Crippen molar-refractivity contribution in [2.75, 3.05) is 32.6 Å². The number of rotatable bonds is 9. The van der Waals surface area contributed by atoms with Crippen LogP contribution in [0.5, 0.6) is 5.75 Å². The minimum atomic E-state index is -1.02. The fourth-order valence-corrected chi connectivity index (χ4v) is 3.46. The molecule has 0 fully saturated rings. The SMILES string of the molecule is COc1ccc(C(=O)OCCCCN(C(=O)OC(C)(C)C)/C(=N\C(=O)OC(C)(C)C)N(CCS)C(=O)OC(C)(C)C)cc1. The van der Waals surface area contributed by atoms with Crippen molar-refractivity contribution in [1.82, 2.24) is 9.80 Å². The maximum atomic E-state index is 13.5. The number of hydrogen-bond donors (Lipinski definition) is 1. The smallest absolute Gasteiger partial charge is 0.437 e. The van der Waals surface area contributed by atoms with Crippen molar-refractivity contribution in [3.05, 3.63) is 29.8 Å². The van der Waals surface area contributed by atoms with Crippen molar-refractivity contribution in [3.8, 4) is 5.75 Å². The van der Waals surface area contributed by atoms with Crippen molar-refractivity contribution in [2.45, 2.75) is 92.0 Å². The van der Waals surface area contributed by atoms with Crippen LogP contribution < -0.4 is 4.74 Å². The maximum absolute atomic E-state index is 13.5. The lowest BCUT2D eigenvalue weighted by Crippen LogP contribution is -2.53. The van der Waals surface area contributed by atoms with Crippen LogP contribution in [0.2, 0.25) is 0 Å². The zero-order valence-electron chi connectivity index (χ0n) is 27.0. The number of guanidine groups is 1. The Kier molecular flexibility index (Phi) is 14.3. The quantitative estimate of drug-likeness (QED) is 0.0835. The van der Waals surface area contributed by atoms with Gasteiger partial charge in [0.2, 0.25) is 5.96 Å². The van der Waals surface area contributed by atoms with E-state index in [0.29, 0.717) is 24.2 Å². The number of carbonyl (C=O) groups is 4. The Balaban J connectivity index is 3.30. The van der Waals surface area contributed by atoms with Gasteiger partial charge in [-0.1, -0.05) is 0 Å².